The Kier molecular flexibility index (Phi) is 6.22. The molecule has 1 aliphatic heterocycles. The number of nitrogens with zero attached hydrogens (tertiary/aromatic N) is 4. The van der Waals surface area contributed by atoms with Gasteiger partial charge in [0.25, 0.3) is 0 Å². The lowest BCUT2D eigenvalue weighted by Gasteiger charge is -2.34. The molecule has 0 atom stereocenters. The summed E-state index contributed by atoms with van der Waals surface area (Å²) in [5.74, 6) is 1.16. The van der Waals surface area contributed by atoms with E-state index in [0.29, 0.717) is 6.61 Å². The maximum Gasteiger partial charge on any atom is 0.248 e. The molecule has 0 bridgehead atoms. The Bertz CT molecular complexity index is 946. The number of hydrogen-bond acceptors (Lipinski definition) is 4. The molecule has 2 aromatic carbocycles. The van der Waals surface area contributed by atoms with Gasteiger partial charge in [0.15, 0.2) is 0 Å². The van der Waals surface area contributed by atoms with Gasteiger partial charge in [0.1, 0.15) is 12.4 Å². The number of rotatable bonds is 7. The SMILES string of the molecule is CCOCC(=O)N1CCN(Cc2nc3ccccc3n2Cc2ccccc2)CC1. The highest BCUT2D eigenvalue weighted by Gasteiger charge is 2.22. The van der Waals surface area contributed by atoms with Crippen molar-refractivity contribution in [3.05, 3.63) is 66.0 Å². The number of para-hydroxylation sites is 2. The lowest BCUT2D eigenvalue weighted by Crippen LogP contribution is -2.49. The van der Waals surface area contributed by atoms with Crippen LogP contribution in [0.15, 0.2) is 54.6 Å². The Morgan fingerprint density at radius 2 is 1.69 bits per heavy atom. The Labute approximate surface area is 171 Å². The first kappa shape index (κ1) is 19.6. The van der Waals surface area contributed by atoms with Crippen LogP contribution in [-0.4, -0.2) is 64.7 Å². The molecule has 0 saturated carbocycles. The van der Waals surface area contributed by atoms with Crippen molar-refractivity contribution in [3.63, 3.8) is 0 Å². The molecule has 6 nitrogen and oxygen atoms in total. The zero-order valence-electron chi connectivity index (χ0n) is 17.0. The number of ether oxygens (including phenoxy) is 1. The highest BCUT2D eigenvalue weighted by molar-refractivity contribution is 5.77. The zero-order valence-corrected chi connectivity index (χ0v) is 17.0. The minimum Gasteiger partial charge on any atom is -0.372 e. The highest BCUT2D eigenvalue weighted by atomic mass is 16.5. The molecule has 1 aliphatic rings. The third kappa shape index (κ3) is 4.66. The molecule has 29 heavy (non-hydrogen) atoms. The number of aromatic nitrogens is 2. The van der Waals surface area contributed by atoms with Gasteiger partial charge in [-0.15, -0.1) is 0 Å². The summed E-state index contributed by atoms with van der Waals surface area (Å²) in [5.41, 5.74) is 3.46. The number of fused-ring (bicyclic) bond motifs is 1. The van der Waals surface area contributed by atoms with E-state index in [2.05, 4.69) is 51.9 Å². The summed E-state index contributed by atoms with van der Waals surface area (Å²) in [7, 11) is 0. The van der Waals surface area contributed by atoms with Crippen molar-refractivity contribution in [2.45, 2.75) is 20.0 Å². The van der Waals surface area contributed by atoms with E-state index in [4.69, 9.17) is 9.72 Å². The first-order chi connectivity index (χ1) is 14.2. The lowest BCUT2D eigenvalue weighted by molar-refractivity contribution is -0.137. The van der Waals surface area contributed by atoms with Gasteiger partial charge in [-0.2, -0.15) is 0 Å². The summed E-state index contributed by atoms with van der Waals surface area (Å²) in [6.45, 7) is 7.45. The first-order valence-corrected chi connectivity index (χ1v) is 10.3. The van der Waals surface area contributed by atoms with E-state index in [1.165, 1.54) is 5.56 Å². The van der Waals surface area contributed by atoms with Crippen molar-refractivity contribution in [1.82, 2.24) is 19.4 Å². The summed E-state index contributed by atoms with van der Waals surface area (Å²) in [4.78, 5) is 21.4. The van der Waals surface area contributed by atoms with E-state index in [0.717, 1.165) is 56.1 Å². The van der Waals surface area contributed by atoms with Gasteiger partial charge in [-0.25, -0.2) is 4.98 Å². The van der Waals surface area contributed by atoms with E-state index in [-0.39, 0.29) is 12.5 Å². The van der Waals surface area contributed by atoms with Crippen LogP contribution in [-0.2, 0) is 22.6 Å². The molecule has 0 spiro atoms. The number of piperazine rings is 1. The van der Waals surface area contributed by atoms with Gasteiger partial charge >= 0.3 is 0 Å². The molecule has 1 amide bonds. The second kappa shape index (κ2) is 9.20. The molecule has 1 saturated heterocycles. The van der Waals surface area contributed by atoms with Crippen LogP contribution in [0.2, 0.25) is 0 Å². The van der Waals surface area contributed by atoms with E-state index in [1.54, 1.807) is 0 Å². The van der Waals surface area contributed by atoms with Crippen molar-refractivity contribution >= 4 is 16.9 Å². The van der Waals surface area contributed by atoms with Gasteiger partial charge in [-0.3, -0.25) is 9.69 Å². The molecule has 0 unspecified atom stereocenters. The number of imidazole rings is 1. The molecule has 2 heterocycles. The fraction of sp³-hybridized carbons (Fsp3) is 0.391. The topological polar surface area (TPSA) is 50.6 Å². The minimum absolute atomic E-state index is 0.0859. The molecular weight excluding hydrogens is 364 g/mol. The van der Waals surface area contributed by atoms with Crippen LogP contribution in [0.25, 0.3) is 11.0 Å². The predicted molar refractivity (Wildman–Crippen MR) is 114 cm³/mol. The number of hydrogen-bond donors (Lipinski definition) is 0. The summed E-state index contributed by atoms with van der Waals surface area (Å²) in [6, 6.07) is 18.8. The van der Waals surface area contributed by atoms with Gasteiger partial charge in [-0.05, 0) is 24.6 Å². The van der Waals surface area contributed by atoms with Crippen LogP contribution in [0.5, 0.6) is 0 Å². The molecule has 0 aliphatic carbocycles. The Morgan fingerprint density at radius 3 is 2.45 bits per heavy atom. The summed E-state index contributed by atoms with van der Waals surface area (Å²) >= 11 is 0. The third-order valence-electron chi connectivity index (χ3n) is 5.44. The van der Waals surface area contributed by atoms with Crippen molar-refractivity contribution in [1.29, 1.82) is 0 Å². The van der Waals surface area contributed by atoms with Crippen LogP contribution in [0.4, 0.5) is 0 Å². The van der Waals surface area contributed by atoms with Crippen LogP contribution >= 0.6 is 0 Å². The maximum atomic E-state index is 12.2. The number of carbonyl (C=O) groups is 1. The first-order valence-electron chi connectivity index (χ1n) is 10.3. The zero-order chi connectivity index (χ0) is 20.1. The van der Waals surface area contributed by atoms with Crippen molar-refractivity contribution < 1.29 is 9.53 Å². The van der Waals surface area contributed by atoms with Crippen LogP contribution in [0, 0.1) is 0 Å². The van der Waals surface area contributed by atoms with E-state index < -0.39 is 0 Å². The van der Waals surface area contributed by atoms with Crippen LogP contribution in [0.3, 0.4) is 0 Å². The molecule has 0 N–H and O–H groups in total. The summed E-state index contributed by atoms with van der Waals surface area (Å²) < 4.78 is 7.58. The number of benzene rings is 2. The van der Waals surface area contributed by atoms with Gasteiger partial charge in [0.05, 0.1) is 17.6 Å². The monoisotopic (exact) mass is 392 g/mol. The third-order valence-corrected chi connectivity index (χ3v) is 5.44. The van der Waals surface area contributed by atoms with Gasteiger partial charge in [0, 0.05) is 39.3 Å². The largest absolute Gasteiger partial charge is 0.372 e. The second-order valence-electron chi connectivity index (χ2n) is 7.38. The maximum absolute atomic E-state index is 12.2. The average molecular weight is 393 g/mol. The lowest BCUT2D eigenvalue weighted by atomic mass is 10.2. The summed E-state index contributed by atoms with van der Waals surface area (Å²) in [6.07, 6.45) is 0. The second-order valence-corrected chi connectivity index (χ2v) is 7.38. The quantitative estimate of drug-likeness (QED) is 0.620. The molecule has 3 aromatic rings. The molecular formula is C23H28N4O2. The summed E-state index contributed by atoms with van der Waals surface area (Å²) in [5, 5.41) is 0. The minimum atomic E-state index is 0.0859. The van der Waals surface area contributed by atoms with Crippen LogP contribution < -0.4 is 0 Å². The van der Waals surface area contributed by atoms with Crippen molar-refractivity contribution in [3.8, 4) is 0 Å². The van der Waals surface area contributed by atoms with Gasteiger partial charge in [0.2, 0.25) is 5.91 Å². The Hall–Kier alpha value is -2.70. The van der Waals surface area contributed by atoms with Gasteiger partial charge in [-0.1, -0.05) is 42.5 Å². The van der Waals surface area contributed by atoms with E-state index in [9.17, 15) is 4.79 Å². The predicted octanol–water partition coefficient (Wildman–Crippen LogP) is 2.77. The molecule has 4 rings (SSSR count). The Balaban J connectivity index is 1.47. The van der Waals surface area contributed by atoms with Crippen molar-refractivity contribution in [2.75, 3.05) is 39.4 Å². The normalized spacial score (nSPS) is 15.1. The van der Waals surface area contributed by atoms with E-state index in [1.807, 2.05) is 24.0 Å². The average Bonchev–Trinajstić information content (AvgIpc) is 3.10. The van der Waals surface area contributed by atoms with Crippen molar-refractivity contribution in [2.24, 2.45) is 0 Å². The molecule has 152 valence electrons. The molecule has 0 radical (unpaired) electrons. The van der Waals surface area contributed by atoms with E-state index >= 15 is 0 Å². The fourth-order valence-electron chi connectivity index (χ4n) is 3.82. The Morgan fingerprint density at radius 1 is 0.966 bits per heavy atom. The number of carbonyl (C=O) groups excluding carboxylic acids is 1. The smallest absolute Gasteiger partial charge is 0.248 e. The highest BCUT2D eigenvalue weighted by Crippen LogP contribution is 2.20. The fourth-order valence-corrected chi connectivity index (χ4v) is 3.82. The van der Waals surface area contributed by atoms with Crippen LogP contribution in [0.1, 0.15) is 18.3 Å². The number of amides is 1. The molecule has 1 fully saturated rings. The molecule has 1 aromatic heterocycles. The standard InChI is InChI=1S/C23H28N4O2/c1-2-29-18-23(28)26-14-12-25(13-15-26)17-22-24-20-10-6-7-11-21(20)27(22)16-19-8-4-3-5-9-19/h3-11H,2,12-18H2,1H3. The molecule has 6 heteroatoms. The van der Waals surface area contributed by atoms with Gasteiger partial charge < -0.3 is 14.2 Å².